The number of allylic oxidation sites excluding steroid dienone is 5. The van der Waals surface area contributed by atoms with Crippen LogP contribution in [-0.4, -0.2) is 0 Å². The van der Waals surface area contributed by atoms with Gasteiger partial charge in [-0.05, 0) is 24.3 Å². The highest BCUT2D eigenvalue weighted by Gasteiger charge is 1.97. The average Bonchev–Trinajstić information content (AvgIpc) is 2.34. The van der Waals surface area contributed by atoms with Gasteiger partial charge in [-0.25, -0.2) is 0 Å². The van der Waals surface area contributed by atoms with Gasteiger partial charge in [0.1, 0.15) is 18.8 Å². The van der Waals surface area contributed by atoms with Gasteiger partial charge < -0.3 is 0 Å². The summed E-state index contributed by atoms with van der Waals surface area (Å²) >= 11 is 0. The summed E-state index contributed by atoms with van der Waals surface area (Å²) < 4.78 is 0. The lowest BCUT2D eigenvalue weighted by Gasteiger charge is -2.06. The standard InChI is InChI=1S/C7H8O2.C4H4O2/c1-2-4-7-5-3-6-8-9-7;1-2-4-6-5-3-1/h2-3,5-6H,1,4H2;1-4H. The molecule has 2 aliphatic rings. The van der Waals surface area contributed by atoms with Crippen molar-refractivity contribution in [1.29, 1.82) is 0 Å². The minimum absolute atomic E-state index is 0.713. The summed E-state index contributed by atoms with van der Waals surface area (Å²) in [6.07, 6.45) is 14.0. The van der Waals surface area contributed by atoms with Crippen LogP contribution in [0.1, 0.15) is 6.42 Å². The molecule has 4 heteroatoms. The first-order valence-corrected chi connectivity index (χ1v) is 4.37. The molecule has 0 aliphatic carbocycles. The topological polar surface area (TPSA) is 36.9 Å². The van der Waals surface area contributed by atoms with E-state index in [0.29, 0.717) is 6.42 Å². The minimum Gasteiger partial charge on any atom is -0.299 e. The molecule has 80 valence electrons. The summed E-state index contributed by atoms with van der Waals surface area (Å²) in [7, 11) is 0. The molecule has 0 fully saturated rings. The molecule has 2 heterocycles. The normalized spacial score (nSPS) is 15.6. The van der Waals surface area contributed by atoms with Crippen molar-refractivity contribution in [3.63, 3.8) is 0 Å². The SMILES string of the molecule is C1=COOC=C1.C=CCC1=CC=COO1. The van der Waals surface area contributed by atoms with Crippen LogP contribution < -0.4 is 0 Å². The number of hydrogen-bond donors (Lipinski definition) is 0. The Labute approximate surface area is 88.2 Å². The van der Waals surface area contributed by atoms with Crippen molar-refractivity contribution in [2.75, 3.05) is 0 Å². The first kappa shape index (κ1) is 11.0. The molecule has 0 radical (unpaired) electrons. The summed E-state index contributed by atoms with van der Waals surface area (Å²) in [5.41, 5.74) is 0. The van der Waals surface area contributed by atoms with Crippen molar-refractivity contribution in [3.8, 4) is 0 Å². The predicted molar refractivity (Wildman–Crippen MR) is 54.7 cm³/mol. The highest BCUT2D eigenvalue weighted by atomic mass is 17.2. The molecule has 0 spiro atoms. The summed E-state index contributed by atoms with van der Waals surface area (Å²) in [5.74, 6) is 0.785. The Morgan fingerprint density at radius 1 is 1.00 bits per heavy atom. The molecule has 0 saturated heterocycles. The van der Waals surface area contributed by atoms with E-state index in [1.54, 1.807) is 24.3 Å². The zero-order chi connectivity index (χ0) is 10.8. The fourth-order valence-electron chi connectivity index (χ4n) is 0.759. The molecule has 0 atom stereocenters. The molecular weight excluding hydrogens is 196 g/mol. The molecular formula is C11H12O4. The van der Waals surface area contributed by atoms with Crippen molar-refractivity contribution in [3.05, 3.63) is 61.5 Å². The maximum absolute atomic E-state index is 4.72. The maximum atomic E-state index is 4.72. The van der Waals surface area contributed by atoms with E-state index < -0.39 is 0 Å². The fraction of sp³-hybridized carbons (Fsp3) is 0.0909. The second-order valence-corrected chi connectivity index (χ2v) is 2.48. The van der Waals surface area contributed by atoms with Gasteiger partial charge in [-0.15, -0.1) is 6.58 Å². The maximum Gasteiger partial charge on any atom is 0.159 e. The Morgan fingerprint density at radius 3 is 2.07 bits per heavy atom. The summed E-state index contributed by atoms with van der Waals surface area (Å²) in [5, 5.41) is 0. The van der Waals surface area contributed by atoms with Gasteiger partial charge in [0.05, 0.1) is 0 Å². The lowest BCUT2D eigenvalue weighted by atomic mass is 10.3. The van der Waals surface area contributed by atoms with Gasteiger partial charge in [-0.1, -0.05) is 6.08 Å². The number of hydrogen-bond acceptors (Lipinski definition) is 4. The smallest absolute Gasteiger partial charge is 0.159 e. The highest BCUT2D eigenvalue weighted by molar-refractivity contribution is 5.09. The molecule has 15 heavy (non-hydrogen) atoms. The van der Waals surface area contributed by atoms with Crippen LogP contribution in [0.5, 0.6) is 0 Å². The van der Waals surface area contributed by atoms with Gasteiger partial charge in [0.2, 0.25) is 0 Å². The van der Waals surface area contributed by atoms with Crippen molar-refractivity contribution in [2.24, 2.45) is 0 Å². The van der Waals surface area contributed by atoms with E-state index in [-0.39, 0.29) is 0 Å². The highest BCUT2D eigenvalue weighted by Crippen LogP contribution is 2.08. The van der Waals surface area contributed by atoms with Crippen LogP contribution in [0.15, 0.2) is 61.5 Å². The first-order valence-electron chi connectivity index (χ1n) is 4.37. The summed E-state index contributed by atoms with van der Waals surface area (Å²) in [4.78, 5) is 17.9. The molecule has 0 aromatic heterocycles. The minimum atomic E-state index is 0.713. The molecule has 2 rings (SSSR count). The largest absolute Gasteiger partial charge is 0.299 e. The lowest BCUT2D eigenvalue weighted by Crippen LogP contribution is -1.91. The van der Waals surface area contributed by atoms with E-state index in [1.807, 2.05) is 6.08 Å². The van der Waals surface area contributed by atoms with Crippen LogP contribution in [0.3, 0.4) is 0 Å². The van der Waals surface area contributed by atoms with Crippen LogP contribution in [-0.2, 0) is 19.6 Å². The Hall–Kier alpha value is -2.10. The van der Waals surface area contributed by atoms with Crippen LogP contribution >= 0.6 is 0 Å². The van der Waals surface area contributed by atoms with E-state index in [2.05, 4.69) is 21.2 Å². The second-order valence-electron chi connectivity index (χ2n) is 2.48. The van der Waals surface area contributed by atoms with Gasteiger partial charge in [-0.3, -0.25) is 19.6 Å². The third-order valence-electron chi connectivity index (χ3n) is 1.35. The molecule has 0 bridgehead atoms. The van der Waals surface area contributed by atoms with Crippen molar-refractivity contribution in [1.82, 2.24) is 0 Å². The number of rotatable bonds is 2. The molecule has 4 nitrogen and oxygen atoms in total. The van der Waals surface area contributed by atoms with E-state index in [0.717, 1.165) is 5.76 Å². The van der Waals surface area contributed by atoms with Crippen LogP contribution in [0.2, 0.25) is 0 Å². The van der Waals surface area contributed by atoms with Crippen molar-refractivity contribution in [2.45, 2.75) is 6.42 Å². The Balaban J connectivity index is 0.000000162. The van der Waals surface area contributed by atoms with E-state index >= 15 is 0 Å². The lowest BCUT2D eigenvalue weighted by molar-refractivity contribution is -0.215. The van der Waals surface area contributed by atoms with E-state index in [4.69, 9.17) is 4.89 Å². The van der Waals surface area contributed by atoms with E-state index in [1.165, 1.54) is 18.8 Å². The fourth-order valence-corrected chi connectivity index (χ4v) is 0.759. The molecule has 0 saturated carbocycles. The van der Waals surface area contributed by atoms with Crippen LogP contribution in [0.25, 0.3) is 0 Å². The monoisotopic (exact) mass is 208 g/mol. The summed E-state index contributed by atoms with van der Waals surface area (Å²) in [6, 6.07) is 0. The van der Waals surface area contributed by atoms with Gasteiger partial charge in [0.15, 0.2) is 5.76 Å². The molecule has 0 unspecified atom stereocenters. The Bertz CT molecular complexity index is 288. The molecule has 0 amide bonds. The average molecular weight is 208 g/mol. The van der Waals surface area contributed by atoms with Gasteiger partial charge >= 0.3 is 0 Å². The van der Waals surface area contributed by atoms with Crippen LogP contribution in [0.4, 0.5) is 0 Å². The third kappa shape index (κ3) is 5.25. The molecule has 0 aromatic rings. The quantitative estimate of drug-likeness (QED) is 0.516. The van der Waals surface area contributed by atoms with E-state index in [9.17, 15) is 0 Å². The Morgan fingerprint density at radius 2 is 1.67 bits per heavy atom. The van der Waals surface area contributed by atoms with Gasteiger partial charge in [0.25, 0.3) is 0 Å². The van der Waals surface area contributed by atoms with Crippen molar-refractivity contribution >= 4 is 0 Å². The van der Waals surface area contributed by atoms with Gasteiger partial charge in [0, 0.05) is 6.42 Å². The predicted octanol–water partition coefficient (Wildman–Crippen LogP) is 2.90. The summed E-state index contributed by atoms with van der Waals surface area (Å²) in [6.45, 7) is 3.55. The van der Waals surface area contributed by atoms with Crippen molar-refractivity contribution < 1.29 is 19.6 Å². The Kier molecular flexibility index (Phi) is 5.36. The molecule has 0 N–H and O–H groups in total. The first-order chi connectivity index (χ1) is 7.43. The van der Waals surface area contributed by atoms with Gasteiger partial charge in [-0.2, -0.15) is 0 Å². The molecule has 0 aromatic carbocycles. The molecule has 2 aliphatic heterocycles. The zero-order valence-electron chi connectivity index (χ0n) is 8.17. The third-order valence-corrected chi connectivity index (χ3v) is 1.35. The second kappa shape index (κ2) is 7.32. The zero-order valence-corrected chi connectivity index (χ0v) is 8.17. The van der Waals surface area contributed by atoms with Crippen LogP contribution in [0, 0.1) is 0 Å².